The van der Waals surface area contributed by atoms with Gasteiger partial charge in [0.25, 0.3) is 11.5 Å². The number of carbonyl (C=O) groups excluding carboxylic acids is 1. The first kappa shape index (κ1) is 26.9. The summed E-state index contributed by atoms with van der Waals surface area (Å²) in [6.07, 6.45) is 7.18. The molecule has 2 aromatic heterocycles. The third kappa shape index (κ3) is 6.04. The van der Waals surface area contributed by atoms with E-state index in [1.165, 1.54) is 4.68 Å². The topological polar surface area (TPSA) is 116 Å². The van der Waals surface area contributed by atoms with Gasteiger partial charge in [0.1, 0.15) is 12.4 Å². The van der Waals surface area contributed by atoms with E-state index in [1.807, 2.05) is 12.1 Å². The Labute approximate surface area is 218 Å². The molecule has 1 aliphatic carbocycles. The molecule has 0 fully saturated rings. The third-order valence-electron chi connectivity index (χ3n) is 6.82. The van der Waals surface area contributed by atoms with E-state index in [0.29, 0.717) is 35.4 Å². The van der Waals surface area contributed by atoms with E-state index in [-0.39, 0.29) is 31.0 Å². The molecule has 1 aliphatic rings. The molecule has 0 spiro atoms. The Morgan fingerprint density at radius 3 is 2.57 bits per heavy atom. The average molecular weight is 511 g/mol. The van der Waals surface area contributed by atoms with Crippen LogP contribution in [0.4, 0.5) is 5.95 Å². The summed E-state index contributed by atoms with van der Waals surface area (Å²) in [7, 11) is 0. The molecule has 0 aliphatic heterocycles. The maximum absolute atomic E-state index is 13.4. The zero-order chi connectivity index (χ0) is 26.6. The number of aryl methyl sites for hydroxylation is 1. The van der Waals surface area contributed by atoms with Gasteiger partial charge in [-0.3, -0.25) is 10.5 Å². The van der Waals surface area contributed by atoms with Crippen LogP contribution >= 0.6 is 0 Å². The lowest BCUT2D eigenvalue weighted by Gasteiger charge is -2.21. The summed E-state index contributed by atoms with van der Waals surface area (Å²) >= 11 is 0. The summed E-state index contributed by atoms with van der Waals surface area (Å²) < 4.78 is 14.9. The Morgan fingerprint density at radius 2 is 1.86 bits per heavy atom. The maximum atomic E-state index is 13.4. The van der Waals surface area contributed by atoms with Gasteiger partial charge >= 0.3 is 5.95 Å². The van der Waals surface area contributed by atoms with Crippen molar-refractivity contribution in [3.8, 4) is 11.6 Å². The predicted octanol–water partition coefficient (Wildman–Crippen LogP) is 3.60. The van der Waals surface area contributed by atoms with Crippen LogP contribution in [0.1, 0.15) is 86.8 Å². The van der Waals surface area contributed by atoms with Crippen molar-refractivity contribution in [2.75, 3.05) is 25.6 Å². The molecule has 9 nitrogen and oxygen atoms in total. The number of ether oxygens (including phenoxy) is 2. The number of benzene rings is 1. The van der Waals surface area contributed by atoms with Gasteiger partial charge in [0.05, 0.1) is 13.2 Å². The van der Waals surface area contributed by atoms with Crippen molar-refractivity contribution in [2.24, 2.45) is 0 Å². The number of rotatable bonds is 11. The van der Waals surface area contributed by atoms with E-state index in [0.717, 1.165) is 61.6 Å². The van der Waals surface area contributed by atoms with Crippen LogP contribution in [0.25, 0.3) is 5.65 Å². The van der Waals surface area contributed by atoms with Crippen molar-refractivity contribution in [2.45, 2.75) is 84.6 Å². The fraction of sp³-hybridized carbons (Fsp3) is 0.571. The second kappa shape index (κ2) is 11.5. The summed E-state index contributed by atoms with van der Waals surface area (Å²) in [5, 5.41) is 18.6. The van der Waals surface area contributed by atoms with Crippen LogP contribution < -0.4 is 19.9 Å². The van der Waals surface area contributed by atoms with Crippen molar-refractivity contribution in [1.82, 2.24) is 14.7 Å². The van der Waals surface area contributed by atoms with E-state index in [1.54, 1.807) is 10.6 Å². The number of carbonyl (C=O) groups is 1. The number of Topliss-reactive ketones (excluding diaryl/α,β-unsaturated/α-hetero) is 1. The molecule has 0 saturated heterocycles. The van der Waals surface area contributed by atoms with Gasteiger partial charge in [0, 0.05) is 16.7 Å². The van der Waals surface area contributed by atoms with Gasteiger partial charge in [0.15, 0.2) is 12.3 Å². The van der Waals surface area contributed by atoms with Gasteiger partial charge in [-0.05, 0) is 61.3 Å². The van der Waals surface area contributed by atoms with Crippen LogP contribution in [0.5, 0.6) is 11.6 Å². The second-order valence-corrected chi connectivity index (χ2v) is 10.8. The molecule has 37 heavy (non-hydrogen) atoms. The van der Waals surface area contributed by atoms with Crippen molar-refractivity contribution >= 4 is 17.4 Å². The summed E-state index contributed by atoms with van der Waals surface area (Å²) in [6, 6.07) is 5.52. The summed E-state index contributed by atoms with van der Waals surface area (Å²) in [4.78, 5) is 13.4. The highest BCUT2D eigenvalue weighted by Gasteiger charge is 2.29. The highest BCUT2D eigenvalue weighted by atomic mass is 16.5. The molecule has 0 atom stereocenters. The minimum atomic E-state index is -0.181. The van der Waals surface area contributed by atoms with E-state index in [2.05, 4.69) is 27.7 Å². The lowest BCUT2D eigenvalue weighted by atomic mass is 9.85. The van der Waals surface area contributed by atoms with Crippen LogP contribution in [0, 0.1) is 0 Å². The number of aliphatic hydroxyl groups excluding tert-OH is 1. The minimum absolute atomic E-state index is 0.0241. The van der Waals surface area contributed by atoms with E-state index in [4.69, 9.17) is 25.4 Å². The largest absolute Gasteiger partial charge is 0.491 e. The second-order valence-electron chi connectivity index (χ2n) is 10.8. The zero-order valence-electron chi connectivity index (χ0n) is 22.5. The molecule has 0 unspecified atom stereocenters. The fourth-order valence-corrected chi connectivity index (χ4v) is 4.67. The van der Waals surface area contributed by atoms with Gasteiger partial charge in [-0.1, -0.05) is 55.2 Å². The van der Waals surface area contributed by atoms with Crippen molar-refractivity contribution in [3.63, 3.8) is 0 Å². The fourth-order valence-electron chi connectivity index (χ4n) is 4.67. The molecule has 4 rings (SSSR count). The summed E-state index contributed by atoms with van der Waals surface area (Å²) in [5.41, 5.74) is 10.7. The molecule has 0 bridgehead atoms. The maximum Gasteiger partial charge on any atom is 0.401 e. The minimum Gasteiger partial charge on any atom is -0.491 e. The number of ketones is 1. The van der Waals surface area contributed by atoms with Crippen LogP contribution in [0.15, 0.2) is 18.2 Å². The van der Waals surface area contributed by atoms with Crippen LogP contribution in [-0.2, 0) is 24.8 Å². The highest BCUT2D eigenvalue weighted by Crippen LogP contribution is 2.31. The molecule has 0 radical (unpaired) electrons. The molecular formula is C28H40N5O4+. The van der Waals surface area contributed by atoms with Gasteiger partial charge in [-0.25, -0.2) is 0 Å². The number of hydrogen-bond donors (Lipinski definition) is 2. The van der Waals surface area contributed by atoms with Gasteiger partial charge in [-0.2, -0.15) is 0 Å². The van der Waals surface area contributed by atoms with Gasteiger partial charge in [0.2, 0.25) is 0 Å². The Morgan fingerprint density at radius 1 is 1.11 bits per heavy atom. The lowest BCUT2D eigenvalue weighted by molar-refractivity contribution is -0.723. The molecule has 1 aromatic carbocycles. The standard InChI is InChI=1S/C28H39N5O4/c1-5-6-9-13-37-26-23-11-8-7-10-22(23)25-30-32(27(29)33(25)31-26)18-24(35)19-15-20(28(2,3)4)17-21(16-19)36-14-12-34/h15-17,29,34H,5-14,18H2,1-4H3/p+1. The molecule has 0 saturated carbocycles. The van der Waals surface area contributed by atoms with Crippen molar-refractivity contribution in [1.29, 1.82) is 0 Å². The van der Waals surface area contributed by atoms with Crippen LogP contribution in [-0.4, -0.2) is 45.4 Å². The number of anilines is 1. The number of fused-ring (bicyclic) bond motifs is 3. The van der Waals surface area contributed by atoms with Crippen molar-refractivity contribution in [3.05, 3.63) is 40.5 Å². The van der Waals surface area contributed by atoms with E-state index < -0.39 is 0 Å². The van der Waals surface area contributed by atoms with Crippen LogP contribution in [0.3, 0.4) is 0 Å². The number of aromatic nitrogens is 4. The molecule has 200 valence electrons. The number of nitrogen functional groups attached to an aromatic ring is 1. The third-order valence-corrected chi connectivity index (χ3v) is 6.82. The number of aliphatic hydroxyl groups is 1. The predicted molar refractivity (Wildman–Crippen MR) is 141 cm³/mol. The Bertz CT molecular complexity index is 1260. The number of unbranched alkanes of at least 4 members (excludes halogenated alkanes) is 2. The molecule has 3 aromatic rings. The molecule has 9 heteroatoms. The zero-order valence-corrected chi connectivity index (χ0v) is 22.5. The first-order valence-corrected chi connectivity index (χ1v) is 13.4. The highest BCUT2D eigenvalue weighted by molar-refractivity contribution is 5.95. The summed E-state index contributed by atoms with van der Waals surface area (Å²) in [5.74, 6) is 1.34. The van der Waals surface area contributed by atoms with E-state index >= 15 is 0 Å². The monoisotopic (exact) mass is 510 g/mol. The van der Waals surface area contributed by atoms with Crippen LogP contribution in [0.2, 0.25) is 0 Å². The van der Waals surface area contributed by atoms with Crippen molar-refractivity contribution < 1.29 is 24.1 Å². The number of nitrogens with two attached hydrogens (primary N) is 1. The average Bonchev–Trinajstić information content (AvgIpc) is 3.19. The quantitative estimate of drug-likeness (QED) is 0.230. The van der Waals surface area contributed by atoms with E-state index in [9.17, 15) is 9.90 Å². The SMILES string of the molecule is CCCCCOc1nn2c(N)[n+](CC(=O)c3cc(OCCO)cc(C(C)(C)C)c3)nc2c2c1CCCC2. The van der Waals surface area contributed by atoms with Gasteiger partial charge < -0.3 is 14.6 Å². The smallest absolute Gasteiger partial charge is 0.401 e. The first-order valence-electron chi connectivity index (χ1n) is 13.4. The number of nitrogens with zero attached hydrogens (tertiary/aromatic N) is 4. The number of hydrogen-bond acceptors (Lipinski definition) is 7. The molecule has 3 N–H and O–H groups in total. The first-order chi connectivity index (χ1) is 17.7. The molecule has 0 amide bonds. The normalized spacial score (nSPS) is 13.5. The lowest BCUT2D eigenvalue weighted by Crippen LogP contribution is -2.42. The Balaban J connectivity index is 1.67. The Kier molecular flexibility index (Phi) is 8.32. The molecular weight excluding hydrogens is 470 g/mol. The van der Waals surface area contributed by atoms with Gasteiger partial charge in [-0.15, -0.1) is 4.68 Å². The Hall–Kier alpha value is -3.20. The summed E-state index contributed by atoms with van der Waals surface area (Å²) in [6.45, 7) is 9.07. The molecule has 2 heterocycles.